The molecule has 0 atom stereocenters. The van der Waals surface area contributed by atoms with E-state index in [1.807, 2.05) is 0 Å². The lowest BCUT2D eigenvalue weighted by Crippen LogP contribution is -2.14. The smallest absolute Gasteiger partial charge is 0.0321 e. The minimum atomic E-state index is 0.153. The fraction of sp³-hybridized carbons (Fsp3) is 0.500. The second-order valence-corrected chi connectivity index (χ2v) is 3.86. The van der Waals surface area contributed by atoms with E-state index in [4.69, 9.17) is 0 Å². The highest BCUT2D eigenvalue weighted by Gasteiger charge is 2.17. The molecule has 0 spiro atoms. The maximum absolute atomic E-state index is 3.44. The van der Waals surface area contributed by atoms with Crippen LogP contribution in [0.2, 0.25) is 4.66 Å². The van der Waals surface area contributed by atoms with Crippen molar-refractivity contribution in [2.45, 2.75) is 11.1 Å². The SMILES string of the molecule is [Si]C1([Si])C=CC1. The number of rotatable bonds is 0. The lowest BCUT2D eigenvalue weighted by molar-refractivity contribution is 0.872. The van der Waals surface area contributed by atoms with Crippen LogP contribution in [0.15, 0.2) is 12.2 Å². The normalized spacial score (nSPS) is 26.3. The van der Waals surface area contributed by atoms with Crippen molar-refractivity contribution in [3.8, 4) is 0 Å². The molecule has 1 aliphatic carbocycles. The van der Waals surface area contributed by atoms with E-state index in [1.54, 1.807) is 0 Å². The molecule has 0 aliphatic heterocycles. The lowest BCUT2D eigenvalue weighted by Gasteiger charge is -2.24. The van der Waals surface area contributed by atoms with Crippen LogP contribution in [0, 0.1) is 0 Å². The fourth-order valence-corrected chi connectivity index (χ4v) is 0.825. The summed E-state index contributed by atoms with van der Waals surface area (Å²) in [5.41, 5.74) is 0. The summed E-state index contributed by atoms with van der Waals surface area (Å²) in [7, 11) is 6.87. The molecule has 0 aromatic rings. The average Bonchev–Trinajstić information content (AvgIpc) is 1.32. The highest BCUT2D eigenvalue weighted by atomic mass is 28.2. The van der Waals surface area contributed by atoms with Crippen LogP contribution in [0.4, 0.5) is 0 Å². The van der Waals surface area contributed by atoms with Gasteiger partial charge in [-0.05, 0) is 11.1 Å². The van der Waals surface area contributed by atoms with Gasteiger partial charge >= 0.3 is 0 Å². The Balaban J connectivity index is 2.57. The summed E-state index contributed by atoms with van der Waals surface area (Å²) in [6, 6.07) is 0. The molecule has 6 radical (unpaired) electrons. The maximum atomic E-state index is 3.44. The molecule has 0 aromatic carbocycles. The molecule has 0 unspecified atom stereocenters. The van der Waals surface area contributed by atoms with Gasteiger partial charge in [0.15, 0.2) is 0 Å². The summed E-state index contributed by atoms with van der Waals surface area (Å²) in [6.45, 7) is 0. The summed E-state index contributed by atoms with van der Waals surface area (Å²) >= 11 is 0. The molecule has 0 aromatic heterocycles. The first kappa shape index (κ1) is 4.34. The molecular weight excluding hydrogens is 104 g/mol. The first-order chi connectivity index (χ1) is 2.71. The molecule has 0 amide bonds. The molecule has 0 bridgehead atoms. The summed E-state index contributed by atoms with van der Waals surface area (Å²) in [5, 5.41) is 0. The van der Waals surface area contributed by atoms with Crippen LogP contribution in [-0.4, -0.2) is 20.5 Å². The molecule has 0 saturated heterocycles. The topological polar surface area (TPSA) is 0 Å². The number of hydrogen-bond donors (Lipinski definition) is 0. The van der Waals surface area contributed by atoms with Crippen LogP contribution in [0.3, 0.4) is 0 Å². The highest BCUT2D eigenvalue weighted by Crippen LogP contribution is 2.31. The van der Waals surface area contributed by atoms with Crippen molar-refractivity contribution in [2.75, 3.05) is 0 Å². The van der Waals surface area contributed by atoms with Crippen LogP contribution >= 0.6 is 0 Å². The van der Waals surface area contributed by atoms with Crippen molar-refractivity contribution >= 4 is 20.5 Å². The van der Waals surface area contributed by atoms with E-state index in [1.165, 1.54) is 0 Å². The third-order valence-corrected chi connectivity index (χ3v) is 1.58. The largest absolute Gasteiger partial charge is 0.0889 e. The average molecular weight is 108 g/mol. The van der Waals surface area contributed by atoms with Gasteiger partial charge in [-0.15, -0.1) is 0 Å². The highest BCUT2D eigenvalue weighted by molar-refractivity contribution is 6.42. The number of hydrogen-bond acceptors (Lipinski definition) is 0. The van der Waals surface area contributed by atoms with Crippen molar-refractivity contribution in [2.24, 2.45) is 0 Å². The summed E-state index contributed by atoms with van der Waals surface area (Å²) < 4.78 is 0.153. The zero-order valence-electron chi connectivity index (χ0n) is 3.36. The second kappa shape index (κ2) is 1.07. The van der Waals surface area contributed by atoms with E-state index in [0.29, 0.717) is 0 Å². The van der Waals surface area contributed by atoms with E-state index < -0.39 is 0 Å². The minimum absolute atomic E-state index is 0.153. The van der Waals surface area contributed by atoms with Gasteiger partial charge in [-0.1, -0.05) is 12.2 Å². The Labute approximate surface area is 44.5 Å². The molecule has 2 heteroatoms. The lowest BCUT2D eigenvalue weighted by atomic mass is 10.1. The summed E-state index contributed by atoms with van der Waals surface area (Å²) in [6.07, 6.45) is 5.28. The van der Waals surface area contributed by atoms with E-state index >= 15 is 0 Å². The van der Waals surface area contributed by atoms with E-state index in [9.17, 15) is 0 Å². The van der Waals surface area contributed by atoms with Crippen molar-refractivity contribution in [1.29, 1.82) is 0 Å². The first-order valence-corrected chi connectivity index (χ1v) is 2.88. The van der Waals surface area contributed by atoms with Crippen molar-refractivity contribution in [3.63, 3.8) is 0 Å². The third kappa shape index (κ3) is 0.629. The molecule has 0 nitrogen and oxygen atoms in total. The van der Waals surface area contributed by atoms with Crippen molar-refractivity contribution in [1.82, 2.24) is 0 Å². The van der Waals surface area contributed by atoms with Crippen LogP contribution in [0.1, 0.15) is 6.42 Å². The van der Waals surface area contributed by atoms with E-state index in [2.05, 4.69) is 32.6 Å². The molecule has 0 heterocycles. The molecule has 0 saturated carbocycles. The van der Waals surface area contributed by atoms with Gasteiger partial charge < -0.3 is 0 Å². The second-order valence-electron chi connectivity index (χ2n) is 1.58. The van der Waals surface area contributed by atoms with Crippen LogP contribution in [0.5, 0.6) is 0 Å². The van der Waals surface area contributed by atoms with Gasteiger partial charge in [-0.3, -0.25) is 0 Å². The Morgan fingerprint density at radius 3 is 1.83 bits per heavy atom. The van der Waals surface area contributed by atoms with Gasteiger partial charge in [-0.2, -0.15) is 0 Å². The predicted molar refractivity (Wildman–Crippen MR) is 28.0 cm³/mol. The minimum Gasteiger partial charge on any atom is -0.0889 e. The predicted octanol–water partition coefficient (Wildman–Crippen LogP) is 0.399. The van der Waals surface area contributed by atoms with Gasteiger partial charge in [0.2, 0.25) is 0 Å². The van der Waals surface area contributed by atoms with Crippen molar-refractivity contribution < 1.29 is 0 Å². The molecule has 1 aliphatic rings. The number of allylic oxidation sites excluding steroid dienone is 2. The van der Waals surface area contributed by atoms with E-state index in [-0.39, 0.29) is 4.66 Å². The van der Waals surface area contributed by atoms with E-state index in [0.717, 1.165) is 6.42 Å². The molecule has 6 heavy (non-hydrogen) atoms. The Kier molecular flexibility index (Phi) is 0.774. The van der Waals surface area contributed by atoms with Gasteiger partial charge in [-0.25, -0.2) is 0 Å². The van der Waals surface area contributed by atoms with Crippen LogP contribution < -0.4 is 0 Å². The Morgan fingerprint density at radius 2 is 1.83 bits per heavy atom. The summed E-state index contributed by atoms with van der Waals surface area (Å²) in [5.74, 6) is 0. The zero-order chi connectivity index (χ0) is 4.62. The van der Waals surface area contributed by atoms with Gasteiger partial charge in [0, 0.05) is 20.5 Å². The van der Waals surface area contributed by atoms with Crippen molar-refractivity contribution in [3.05, 3.63) is 12.2 Å². The molecule has 0 fully saturated rings. The Morgan fingerprint density at radius 1 is 1.50 bits per heavy atom. The van der Waals surface area contributed by atoms with Gasteiger partial charge in [0.05, 0.1) is 0 Å². The van der Waals surface area contributed by atoms with Gasteiger partial charge in [0.1, 0.15) is 0 Å². The summed E-state index contributed by atoms with van der Waals surface area (Å²) in [4.78, 5) is 0. The zero-order valence-corrected chi connectivity index (χ0v) is 5.36. The quantitative estimate of drug-likeness (QED) is 0.311. The van der Waals surface area contributed by atoms with Gasteiger partial charge in [0.25, 0.3) is 0 Å². The van der Waals surface area contributed by atoms with Crippen LogP contribution in [0.25, 0.3) is 0 Å². The molecule has 1 rings (SSSR count). The standard InChI is InChI=1S/C4H4Si2/c5-4(6)2-1-3-4/h1-2H,3H2. The van der Waals surface area contributed by atoms with Crippen LogP contribution in [-0.2, 0) is 0 Å². The fourth-order valence-electron chi connectivity index (χ4n) is 0.354. The molecular formula is C4H4Si2. The first-order valence-electron chi connectivity index (χ1n) is 1.88. The Hall–Kier alpha value is 0.174. The monoisotopic (exact) mass is 108 g/mol. The maximum Gasteiger partial charge on any atom is 0.0321 e. The molecule has 28 valence electrons. The Bertz CT molecular complexity index is 83.5. The molecule has 0 N–H and O–H groups in total. The third-order valence-electron chi connectivity index (χ3n) is 0.842.